The van der Waals surface area contributed by atoms with Crippen molar-refractivity contribution in [3.8, 4) is 0 Å². The molecular weight excluding hydrogens is 383 g/mol. The van der Waals surface area contributed by atoms with Crippen LogP contribution in [-0.2, 0) is 10.0 Å². The number of halogens is 2. The van der Waals surface area contributed by atoms with Crippen LogP contribution in [0.1, 0.15) is 43.5 Å². The van der Waals surface area contributed by atoms with Crippen LogP contribution >= 0.6 is 23.2 Å². The van der Waals surface area contributed by atoms with Crippen LogP contribution in [0.3, 0.4) is 0 Å². The number of nitrogens with one attached hydrogen (secondary N) is 1. The first kappa shape index (κ1) is 20.5. The summed E-state index contributed by atoms with van der Waals surface area (Å²) in [7, 11) is -0.955. The second-order valence-corrected chi connectivity index (χ2v) is 9.83. The van der Waals surface area contributed by atoms with Gasteiger partial charge in [-0.3, -0.25) is 4.79 Å². The summed E-state index contributed by atoms with van der Waals surface area (Å²) in [6.07, 6.45) is 3.12. The number of carbonyl (C=O) groups excluding carboxylic acids is 1. The first-order chi connectivity index (χ1) is 11.6. The molecule has 0 bridgehead atoms. The van der Waals surface area contributed by atoms with Crippen molar-refractivity contribution in [2.75, 3.05) is 14.1 Å². The third-order valence-electron chi connectivity index (χ3n) is 5.05. The minimum absolute atomic E-state index is 0.00472. The van der Waals surface area contributed by atoms with Crippen molar-refractivity contribution in [3.05, 3.63) is 27.7 Å². The summed E-state index contributed by atoms with van der Waals surface area (Å²) in [5, 5.41) is 3.14. The van der Waals surface area contributed by atoms with Crippen molar-refractivity contribution in [1.29, 1.82) is 0 Å². The summed E-state index contributed by atoms with van der Waals surface area (Å²) in [6.45, 7) is 4.31. The molecule has 8 heteroatoms. The summed E-state index contributed by atoms with van der Waals surface area (Å²) in [5.74, 6) is 0.515. The van der Waals surface area contributed by atoms with Gasteiger partial charge in [-0.15, -0.1) is 0 Å². The molecule has 1 aromatic rings. The fourth-order valence-electron chi connectivity index (χ4n) is 3.13. The van der Waals surface area contributed by atoms with Crippen molar-refractivity contribution < 1.29 is 13.2 Å². The van der Waals surface area contributed by atoms with Gasteiger partial charge >= 0.3 is 0 Å². The van der Waals surface area contributed by atoms with Gasteiger partial charge in [-0.05, 0) is 30.4 Å². The van der Waals surface area contributed by atoms with Crippen molar-refractivity contribution in [2.24, 2.45) is 11.8 Å². The number of rotatable bonds is 4. The van der Waals surface area contributed by atoms with Crippen LogP contribution in [0.5, 0.6) is 0 Å². The molecule has 1 saturated carbocycles. The number of sulfonamides is 1. The van der Waals surface area contributed by atoms with E-state index < -0.39 is 10.0 Å². The first-order valence-corrected chi connectivity index (χ1v) is 10.5. The highest BCUT2D eigenvalue weighted by Gasteiger charge is 2.30. The monoisotopic (exact) mass is 406 g/mol. The zero-order valence-corrected chi connectivity index (χ0v) is 17.2. The lowest BCUT2D eigenvalue weighted by molar-refractivity contribution is 0.0891. The highest BCUT2D eigenvalue weighted by Crippen LogP contribution is 2.32. The number of hydrogen-bond acceptors (Lipinski definition) is 3. The highest BCUT2D eigenvalue weighted by molar-refractivity contribution is 7.89. The van der Waals surface area contributed by atoms with Crippen molar-refractivity contribution in [3.63, 3.8) is 0 Å². The molecule has 1 aromatic carbocycles. The molecule has 3 unspecified atom stereocenters. The van der Waals surface area contributed by atoms with Gasteiger partial charge in [0.05, 0.1) is 15.6 Å². The quantitative estimate of drug-likeness (QED) is 0.826. The number of nitrogens with zero attached hydrogens (tertiary/aromatic N) is 1. The zero-order chi connectivity index (χ0) is 18.9. The average molecular weight is 407 g/mol. The molecule has 1 N–H and O–H groups in total. The number of hydrogen-bond donors (Lipinski definition) is 1. The number of carbonyl (C=O) groups is 1. The summed E-state index contributed by atoms with van der Waals surface area (Å²) >= 11 is 12.2. The van der Waals surface area contributed by atoms with E-state index in [2.05, 4.69) is 19.2 Å². The van der Waals surface area contributed by atoms with Crippen LogP contribution in [-0.4, -0.2) is 38.8 Å². The Kier molecular flexibility index (Phi) is 6.41. The summed E-state index contributed by atoms with van der Waals surface area (Å²) in [6, 6.07) is 2.62. The molecule has 3 atom stereocenters. The van der Waals surface area contributed by atoms with E-state index in [1.165, 1.54) is 26.2 Å². The second-order valence-electron chi connectivity index (χ2n) is 6.90. The molecule has 0 aliphatic heterocycles. The SMILES string of the molecule is CC1CCCC(NC(=O)c2cc(S(=O)(=O)N(C)C)c(Cl)cc2Cl)C1C. The second kappa shape index (κ2) is 7.82. The molecule has 0 radical (unpaired) electrons. The smallest absolute Gasteiger partial charge is 0.253 e. The molecule has 1 aliphatic rings. The normalized spacial score (nSPS) is 24.4. The molecule has 25 heavy (non-hydrogen) atoms. The van der Waals surface area contributed by atoms with E-state index >= 15 is 0 Å². The molecule has 2 rings (SSSR count). The maximum Gasteiger partial charge on any atom is 0.253 e. The van der Waals surface area contributed by atoms with Gasteiger partial charge in [0.25, 0.3) is 5.91 Å². The lowest BCUT2D eigenvalue weighted by atomic mass is 9.78. The molecule has 1 fully saturated rings. The van der Waals surface area contributed by atoms with Crippen LogP contribution in [0.4, 0.5) is 0 Å². The zero-order valence-electron chi connectivity index (χ0n) is 14.8. The van der Waals surface area contributed by atoms with E-state index in [0.29, 0.717) is 11.8 Å². The van der Waals surface area contributed by atoms with Crippen LogP contribution < -0.4 is 5.32 Å². The highest BCUT2D eigenvalue weighted by atomic mass is 35.5. The maximum atomic E-state index is 12.7. The summed E-state index contributed by atoms with van der Waals surface area (Å²) in [5.41, 5.74) is 0.122. The summed E-state index contributed by atoms with van der Waals surface area (Å²) < 4.78 is 25.8. The molecular formula is C17H24Cl2N2O3S. The molecule has 1 aliphatic carbocycles. The Morgan fingerprint density at radius 1 is 1.16 bits per heavy atom. The number of benzene rings is 1. The Morgan fingerprint density at radius 3 is 2.40 bits per heavy atom. The topological polar surface area (TPSA) is 66.5 Å². The Morgan fingerprint density at radius 2 is 1.80 bits per heavy atom. The van der Waals surface area contributed by atoms with E-state index in [1.54, 1.807) is 0 Å². The largest absolute Gasteiger partial charge is 0.349 e. The molecule has 140 valence electrons. The van der Waals surface area contributed by atoms with Crippen molar-refractivity contribution >= 4 is 39.1 Å². The van der Waals surface area contributed by atoms with E-state index in [1.807, 2.05) is 0 Å². The van der Waals surface area contributed by atoms with Crippen molar-refractivity contribution in [2.45, 2.75) is 44.0 Å². The fourth-order valence-corrected chi connectivity index (χ4v) is 4.86. The predicted molar refractivity (Wildman–Crippen MR) is 101 cm³/mol. The lowest BCUT2D eigenvalue weighted by Crippen LogP contribution is -2.43. The van der Waals surface area contributed by atoms with Gasteiger partial charge in [0.1, 0.15) is 4.90 Å². The lowest BCUT2D eigenvalue weighted by Gasteiger charge is -2.34. The van der Waals surface area contributed by atoms with Crippen molar-refractivity contribution in [1.82, 2.24) is 9.62 Å². The first-order valence-electron chi connectivity index (χ1n) is 8.28. The van der Waals surface area contributed by atoms with E-state index in [-0.39, 0.29) is 32.5 Å². The molecule has 0 heterocycles. The van der Waals surface area contributed by atoms with Gasteiger partial charge in [-0.1, -0.05) is 49.9 Å². The predicted octanol–water partition coefficient (Wildman–Crippen LogP) is 3.80. The van der Waals surface area contributed by atoms with E-state index in [0.717, 1.165) is 23.6 Å². The molecule has 1 amide bonds. The standard InChI is InChI=1S/C17H24Cl2N2O3S/c1-10-6-5-7-15(11(10)2)20-17(22)12-8-16(14(19)9-13(12)18)25(23,24)21(3)4/h8-11,15H,5-7H2,1-4H3,(H,20,22). The summed E-state index contributed by atoms with van der Waals surface area (Å²) in [4.78, 5) is 12.6. The molecule has 0 aromatic heterocycles. The Bertz CT molecular complexity index is 765. The number of amides is 1. The van der Waals surface area contributed by atoms with Crippen LogP contribution in [0.15, 0.2) is 17.0 Å². The minimum Gasteiger partial charge on any atom is -0.349 e. The Labute approximate surface area is 159 Å². The van der Waals surface area contributed by atoms with Gasteiger partial charge in [-0.2, -0.15) is 0 Å². The van der Waals surface area contributed by atoms with Gasteiger partial charge in [0.15, 0.2) is 0 Å². The Balaban J connectivity index is 2.34. The van der Waals surface area contributed by atoms with Crippen LogP contribution in [0.25, 0.3) is 0 Å². The maximum absolute atomic E-state index is 12.7. The molecule has 0 saturated heterocycles. The third-order valence-corrected chi connectivity index (χ3v) is 7.64. The fraction of sp³-hybridized carbons (Fsp3) is 0.588. The van der Waals surface area contributed by atoms with Crippen LogP contribution in [0.2, 0.25) is 10.0 Å². The van der Waals surface area contributed by atoms with Gasteiger partial charge in [0.2, 0.25) is 10.0 Å². The molecule has 5 nitrogen and oxygen atoms in total. The Hall–Kier alpha value is -0.820. The van der Waals surface area contributed by atoms with Gasteiger partial charge in [0, 0.05) is 20.1 Å². The molecule has 0 spiro atoms. The van der Waals surface area contributed by atoms with Gasteiger partial charge in [-0.25, -0.2) is 12.7 Å². The minimum atomic E-state index is -3.77. The third kappa shape index (κ3) is 4.30. The van der Waals surface area contributed by atoms with Crippen LogP contribution in [0, 0.1) is 11.8 Å². The average Bonchev–Trinajstić information content (AvgIpc) is 2.51. The van der Waals surface area contributed by atoms with Gasteiger partial charge < -0.3 is 5.32 Å². The van der Waals surface area contributed by atoms with E-state index in [9.17, 15) is 13.2 Å². The van der Waals surface area contributed by atoms with E-state index in [4.69, 9.17) is 23.2 Å².